The predicted octanol–water partition coefficient (Wildman–Crippen LogP) is 3.16. The van der Waals surface area contributed by atoms with Gasteiger partial charge in [-0.25, -0.2) is 9.78 Å². The number of nitrogens with one attached hydrogen (secondary N) is 1. The zero-order valence-electron chi connectivity index (χ0n) is 11.1. The zero-order chi connectivity index (χ0) is 14.1. The Morgan fingerprint density at radius 1 is 1.25 bits per heavy atom. The van der Waals surface area contributed by atoms with Crippen LogP contribution >= 0.6 is 0 Å². The first-order chi connectivity index (χ1) is 9.61. The molecule has 0 fully saturated rings. The highest BCUT2D eigenvalue weighted by Gasteiger charge is 2.08. The number of aromatic carboxylic acids is 1. The smallest absolute Gasteiger partial charge is 0.335 e. The van der Waals surface area contributed by atoms with Gasteiger partial charge in [-0.2, -0.15) is 0 Å². The van der Waals surface area contributed by atoms with Crippen molar-refractivity contribution in [1.29, 1.82) is 0 Å². The Morgan fingerprint density at radius 2 is 2.10 bits per heavy atom. The SMILES string of the molecule is Cc1cccc(Cc2nc3ccc(C(=O)O)cc3[nH]2)c1. The highest BCUT2D eigenvalue weighted by Crippen LogP contribution is 2.16. The van der Waals surface area contributed by atoms with Crippen LogP contribution < -0.4 is 0 Å². The van der Waals surface area contributed by atoms with Crippen molar-refractivity contribution in [3.05, 3.63) is 65.0 Å². The van der Waals surface area contributed by atoms with Crippen LogP contribution in [0.2, 0.25) is 0 Å². The fourth-order valence-electron chi connectivity index (χ4n) is 2.29. The number of imidazole rings is 1. The van der Waals surface area contributed by atoms with Crippen molar-refractivity contribution in [2.24, 2.45) is 0 Å². The molecule has 4 heteroatoms. The van der Waals surface area contributed by atoms with Crippen LogP contribution in [0.15, 0.2) is 42.5 Å². The highest BCUT2D eigenvalue weighted by molar-refractivity contribution is 5.92. The molecule has 0 atom stereocenters. The summed E-state index contributed by atoms with van der Waals surface area (Å²) in [6.45, 7) is 2.06. The Morgan fingerprint density at radius 3 is 2.85 bits per heavy atom. The fraction of sp³-hybridized carbons (Fsp3) is 0.125. The molecule has 2 N–H and O–H groups in total. The van der Waals surface area contributed by atoms with E-state index in [4.69, 9.17) is 5.11 Å². The monoisotopic (exact) mass is 266 g/mol. The molecule has 0 saturated carbocycles. The molecule has 0 radical (unpaired) electrons. The summed E-state index contributed by atoms with van der Waals surface area (Å²) in [5.74, 6) is -0.0881. The molecular formula is C16H14N2O2. The van der Waals surface area contributed by atoms with Gasteiger partial charge >= 0.3 is 5.97 Å². The second-order valence-corrected chi connectivity index (χ2v) is 4.89. The van der Waals surface area contributed by atoms with Gasteiger partial charge in [0.2, 0.25) is 0 Å². The second-order valence-electron chi connectivity index (χ2n) is 4.89. The van der Waals surface area contributed by atoms with Crippen LogP contribution in [0.25, 0.3) is 11.0 Å². The fourth-order valence-corrected chi connectivity index (χ4v) is 2.29. The number of aromatic amines is 1. The summed E-state index contributed by atoms with van der Waals surface area (Å²) in [5, 5.41) is 8.98. The predicted molar refractivity (Wildman–Crippen MR) is 77.0 cm³/mol. The molecule has 100 valence electrons. The van der Waals surface area contributed by atoms with Crippen LogP contribution in [0.3, 0.4) is 0 Å². The molecule has 0 aliphatic carbocycles. The molecule has 1 aromatic heterocycles. The first-order valence-electron chi connectivity index (χ1n) is 6.39. The average Bonchev–Trinajstić information content (AvgIpc) is 2.79. The molecule has 0 bridgehead atoms. The number of nitrogens with zero attached hydrogens (tertiary/aromatic N) is 1. The van der Waals surface area contributed by atoms with E-state index < -0.39 is 5.97 Å². The number of carbonyl (C=O) groups is 1. The van der Waals surface area contributed by atoms with E-state index in [9.17, 15) is 4.79 Å². The Balaban J connectivity index is 1.95. The van der Waals surface area contributed by atoms with Gasteiger partial charge in [-0.15, -0.1) is 0 Å². The van der Waals surface area contributed by atoms with Crippen molar-refractivity contribution < 1.29 is 9.90 Å². The molecule has 0 amide bonds. The van der Waals surface area contributed by atoms with E-state index in [2.05, 4.69) is 35.1 Å². The van der Waals surface area contributed by atoms with E-state index in [1.165, 1.54) is 11.1 Å². The summed E-state index contributed by atoms with van der Waals surface area (Å²) in [4.78, 5) is 18.6. The van der Waals surface area contributed by atoms with Gasteiger partial charge in [-0.3, -0.25) is 0 Å². The van der Waals surface area contributed by atoms with Crippen molar-refractivity contribution in [3.63, 3.8) is 0 Å². The zero-order valence-corrected chi connectivity index (χ0v) is 11.1. The number of benzene rings is 2. The molecule has 1 heterocycles. The Kier molecular flexibility index (Phi) is 2.99. The lowest BCUT2D eigenvalue weighted by Gasteiger charge is -1.99. The molecule has 0 aliphatic rings. The van der Waals surface area contributed by atoms with E-state index in [0.29, 0.717) is 6.42 Å². The van der Waals surface area contributed by atoms with E-state index in [-0.39, 0.29) is 5.56 Å². The van der Waals surface area contributed by atoms with Gasteiger partial charge < -0.3 is 10.1 Å². The molecule has 4 nitrogen and oxygen atoms in total. The summed E-state index contributed by atoms with van der Waals surface area (Å²) >= 11 is 0. The minimum atomic E-state index is -0.929. The van der Waals surface area contributed by atoms with Crippen molar-refractivity contribution in [2.75, 3.05) is 0 Å². The third-order valence-electron chi connectivity index (χ3n) is 3.23. The second kappa shape index (κ2) is 4.81. The molecule has 0 aliphatic heterocycles. The van der Waals surface area contributed by atoms with Gasteiger partial charge in [-0.1, -0.05) is 29.8 Å². The van der Waals surface area contributed by atoms with Crippen LogP contribution in [0.4, 0.5) is 0 Å². The summed E-state index contributed by atoms with van der Waals surface area (Å²) in [5.41, 5.74) is 4.21. The van der Waals surface area contributed by atoms with Crippen LogP contribution in [-0.2, 0) is 6.42 Å². The lowest BCUT2D eigenvalue weighted by atomic mass is 10.1. The molecule has 2 aromatic carbocycles. The van der Waals surface area contributed by atoms with Gasteiger partial charge in [0, 0.05) is 6.42 Å². The summed E-state index contributed by atoms with van der Waals surface area (Å²) < 4.78 is 0. The summed E-state index contributed by atoms with van der Waals surface area (Å²) in [6, 6.07) is 13.2. The number of hydrogen-bond acceptors (Lipinski definition) is 2. The van der Waals surface area contributed by atoms with Gasteiger partial charge in [0.25, 0.3) is 0 Å². The number of hydrogen-bond donors (Lipinski definition) is 2. The average molecular weight is 266 g/mol. The highest BCUT2D eigenvalue weighted by atomic mass is 16.4. The topological polar surface area (TPSA) is 66.0 Å². The lowest BCUT2D eigenvalue weighted by molar-refractivity contribution is 0.0697. The van der Waals surface area contributed by atoms with E-state index in [1.54, 1.807) is 18.2 Å². The first-order valence-corrected chi connectivity index (χ1v) is 6.39. The van der Waals surface area contributed by atoms with Crippen molar-refractivity contribution in [2.45, 2.75) is 13.3 Å². The Bertz CT molecular complexity index is 790. The Labute approximate surface area is 116 Å². The van der Waals surface area contributed by atoms with Gasteiger partial charge in [0.15, 0.2) is 0 Å². The molecule has 0 spiro atoms. The van der Waals surface area contributed by atoms with Crippen LogP contribution in [0, 0.1) is 6.92 Å². The number of aromatic nitrogens is 2. The number of aryl methyl sites for hydroxylation is 1. The first kappa shape index (κ1) is 12.4. The largest absolute Gasteiger partial charge is 0.478 e. The molecule has 3 aromatic rings. The lowest BCUT2D eigenvalue weighted by Crippen LogP contribution is -1.94. The number of H-pyrrole nitrogens is 1. The van der Waals surface area contributed by atoms with Crippen molar-refractivity contribution >= 4 is 17.0 Å². The third-order valence-corrected chi connectivity index (χ3v) is 3.23. The van der Waals surface area contributed by atoms with Crippen LogP contribution in [0.1, 0.15) is 27.3 Å². The van der Waals surface area contributed by atoms with Crippen molar-refractivity contribution in [3.8, 4) is 0 Å². The molecular weight excluding hydrogens is 252 g/mol. The quantitative estimate of drug-likeness (QED) is 0.765. The van der Waals surface area contributed by atoms with Crippen LogP contribution in [0.5, 0.6) is 0 Å². The minimum Gasteiger partial charge on any atom is -0.478 e. The number of carboxylic acid groups (broad SMARTS) is 1. The maximum atomic E-state index is 10.9. The third kappa shape index (κ3) is 2.40. The van der Waals surface area contributed by atoms with E-state index in [1.807, 2.05) is 6.07 Å². The molecule has 0 saturated heterocycles. The van der Waals surface area contributed by atoms with Gasteiger partial charge in [0.1, 0.15) is 5.82 Å². The summed E-state index contributed by atoms with van der Waals surface area (Å²) in [7, 11) is 0. The van der Waals surface area contributed by atoms with E-state index in [0.717, 1.165) is 16.9 Å². The maximum absolute atomic E-state index is 10.9. The molecule has 20 heavy (non-hydrogen) atoms. The normalized spacial score (nSPS) is 10.8. The summed E-state index contributed by atoms with van der Waals surface area (Å²) in [6.07, 6.45) is 0.707. The van der Waals surface area contributed by atoms with Gasteiger partial charge in [0.05, 0.1) is 16.6 Å². The van der Waals surface area contributed by atoms with Gasteiger partial charge in [-0.05, 0) is 30.7 Å². The van der Waals surface area contributed by atoms with Crippen molar-refractivity contribution in [1.82, 2.24) is 9.97 Å². The number of carboxylic acids is 1. The van der Waals surface area contributed by atoms with Crippen LogP contribution in [-0.4, -0.2) is 21.0 Å². The standard InChI is InChI=1S/C16H14N2O2/c1-10-3-2-4-11(7-10)8-15-17-13-6-5-12(16(19)20)9-14(13)18-15/h2-7,9H,8H2,1H3,(H,17,18)(H,19,20). The molecule has 0 unspecified atom stereocenters. The molecule has 3 rings (SSSR count). The maximum Gasteiger partial charge on any atom is 0.335 e. The minimum absolute atomic E-state index is 0.267. The number of fused-ring (bicyclic) bond motifs is 1. The number of rotatable bonds is 3. The Hall–Kier alpha value is -2.62. The van der Waals surface area contributed by atoms with E-state index >= 15 is 0 Å².